The molecule has 0 aliphatic carbocycles. The average Bonchev–Trinajstić information content (AvgIpc) is 3.10. The second-order valence-corrected chi connectivity index (χ2v) is 5.70. The second kappa shape index (κ2) is 6.49. The van der Waals surface area contributed by atoms with Gasteiger partial charge in [0.15, 0.2) is 6.19 Å². The van der Waals surface area contributed by atoms with Crippen molar-refractivity contribution in [3.63, 3.8) is 0 Å². The molecule has 0 N–H and O–H groups in total. The van der Waals surface area contributed by atoms with Gasteiger partial charge in [0.25, 0.3) is 0 Å². The predicted octanol–water partition coefficient (Wildman–Crippen LogP) is 2.51. The molecule has 116 valence electrons. The van der Waals surface area contributed by atoms with E-state index in [-0.39, 0.29) is 11.8 Å². The van der Waals surface area contributed by atoms with Crippen LogP contribution < -0.4 is 4.90 Å². The van der Waals surface area contributed by atoms with Crippen LogP contribution in [-0.4, -0.2) is 35.9 Å². The van der Waals surface area contributed by atoms with Gasteiger partial charge in [0.1, 0.15) is 5.82 Å². The number of pyridine rings is 1. The van der Waals surface area contributed by atoms with Gasteiger partial charge < -0.3 is 4.90 Å². The maximum atomic E-state index is 12.5. The molecule has 0 spiro atoms. The van der Waals surface area contributed by atoms with Gasteiger partial charge >= 0.3 is 0 Å². The summed E-state index contributed by atoms with van der Waals surface area (Å²) in [5, 5.41) is 8.90. The Kier molecular flexibility index (Phi) is 4.24. The first kappa shape index (κ1) is 15.0. The van der Waals surface area contributed by atoms with E-state index in [2.05, 4.69) is 11.2 Å². The number of amides is 1. The van der Waals surface area contributed by atoms with Crippen LogP contribution in [0.3, 0.4) is 0 Å². The van der Waals surface area contributed by atoms with Crippen LogP contribution in [0.5, 0.6) is 0 Å². The largest absolute Gasteiger partial charge is 0.310 e. The number of rotatable bonds is 3. The molecule has 0 radical (unpaired) electrons. The standard InChI is InChI=1S/C18H18N4O/c1-21(18(23)16-9-10-22(12-16)13-19)17-8-7-15(11-20-17)14-5-3-2-4-6-14/h2-8,11,16H,9-10,12H2,1H3/t16-/m0/s1. The Morgan fingerprint density at radius 3 is 2.65 bits per heavy atom. The molecule has 1 saturated heterocycles. The fourth-order valence-electron chi connectivity index (χ4n) is 2.83. The first-order valence-electron chi connectivity index (χ1n) is 7.63. The van der Waals surface area contributed by atoms with E-state index in [0.717, 1.165) is 17.5 Å². The highest BCUT2D eigenvalue weighted by Gasteiger charge is 2.30. The zero-order chi connectivity index (χ0) is 16.2. The van der Waals surface area contributed by atoms with Gasteiger partial charge in [-0.2, -0.15) is 5.26 Å². The van der Waals surface area contributed by atoms with Gasteiger partial charge in [-0.1, -0.05) is 30.3 Å². The minimum Gasteiger partial charge on any atom is -0.310 e. The monoisotopic (exact) mass is 306 g/mol. The van der Waals surface area contributed by atoms with Crippen LogP contribution >= 0.6 is 0 Å². The SMILES string of the molecule is CN(C(=O)[C@H]1CCN(C#N)C1)c1ccc(-c2ccccc2)cn1. The van der Waals surface area contributed by atoms with E-state index in [9.17, 15) is 4.79 Å². The van der Waals surface area contributed by atoms with Gasteiger partial charge in [-0.3, -0.25) is 9.69 Å². The van der Waals surface area contributed by atoms with E-state index >= 15 is 0 Å². The number of nitrogens with zero attached hydrogens (tertiary/aromatic N) is 4. The highest BCUT2D eigenvalue weighted by Crippen LogP contribution is 2.23. The van der Waals surface area contributed by atoms with Crippen molar-refractivity contribution in [3.05, 3.63) is 48.7 Å². The fourth-order valence-corrected chi connectivity index (χ4v) is 2.83. The molecular formula is C18H18N4O. The van der Waals surface area contributed by atoms with Crippen molar-refractivity contribution in [2.45, 2.75) is 6.42 Å². The number of nitriles is 1. The topological polar surface area (TPSA) is 60.2 Å². The molecule has 0 unspecified atom stereocenters. The third-order valence-corrected chi connectivity index (χ3v) is 4.21. The number of aromatic nitrogens is 1. The Balaban J connectivity index is 1.72. The third-order valence-electron chi connectivity index (χ3n) is 4.21. The van der Waals surface area contributed by atoms with E-state index in [1.807, 2.05) is 42.5 Å². The predicted molar refractivity (Wildman–Crippen MR) is 88.4 cm³/mol. The molecule has 1 aliphatic rings. The summed E-state index contributed by atoms with van der Waals surface area (Å²) >= 11 is 0. The first-order chi connectivity index (χ1) is 11.2. The van der Waals surface area contributed by atoms with E-state index in [0.29, 0.717) is 18.9 Å². The van der Waals surface area contributed by atoms with Crippen LogP contribution in [0.1, 0.15) is 6.42 Å². The molecule has 3 rings (SSSR count). The number of hydrogen-bond acceptors (Lipinski definition) is 4. The van der Waals surface area contributed by atoms with E-state index in [1.54, 1.807) is 23.0 Å². The first-order valence-corrected chi connectivity index (χ1v) is 7.63. The van der Waals surface area contributed by atoms with Crippen molar-refractivity contribution in [3.8, 4) is 17.3 Å². The lowest BCUT2D eigenvalue weighted by molar-refractivity contribution is -0.121. The quantitative estimate of drug-likeness (QED) is 0.818. The van der Waals surface area contributed by atoms with E-state index in [1.165, 1.54) is 0 Å². The van der Waals surface area contributed by atoms with Gasteiger partial charge in [0.05, 0.1) is 5.92 Å². The molecular weight excluding hydrogens is 288 g/mol. The van der Waals surface area contributed by atoms with Crippen LogP contribution in [0.2, 0.25) is 0 Å². The summed E-state index contributed by atoms with van der Waals surface area (Å²) in [6, 6.07) is 13.8. The summed E-state index contributed by atoms with van der Waals surface area (Å²) in [5.41, 5.74) is 2.12. The lowest BCUT2D eigenvalue weighted by Crippen LogP contribution is -2.34. The summed E-state index contributed by atoms with van der Waals surface area (Å²) < 4.78 is 0. The Hall–Kier alpha value is -2.87. The van der Waals surface area contributed by atoms with Crippen molar-refractivity contribution >= 4 is 11.7 Å². The third kappa shape index (κ3) is 3.16. The van der Waals surface area contributed by atoms with Gasteiger partial charge in [-0.15, -0.1) is 0 Å². The van der Waals surface area contributed by atoms with Crippen LogP contribution in [-0.2, 0) is 4.79 Å². The number of carbonyl (C=O) groups excluding carboxylic acids is 1. The van der Waals surface area contributed by atoms with Crippen LogP contribution in [0.25, 0.3) is 11.1 Å². The molecule has 1 fully saturated rings. The molecule has 2 heterocycles. The number of anilines is 1. The molecule has 5 nitrogen and oxygen atoms in total. The number of likely N-dealkylation sites (tertiary alicyclic amines) is 1. The maximum Gasteiger partial charge on any atom is 0.232 e. The molecule has 0 saturated carbocycles. The Bertz CT molecular complexity index is 721. The van der Waals surface area contributed by atoms with Gasteiger partial charge in [-0.05, 0) is 24.1 Å². The van der Waals surface area contributed by atoms with Gasteiger partial charge in [-0.25, -0.2) is 4.98 Å². The molecule has 23 heavy (non-hydrogen) atoms. The maximum absolute atomic E-state index is 12.5. The van der Waals surface area contributed by atoms with Crippen molar-refractivity contribution < 1.29 is 4.79 Å². The molecule has 2 aromatic rings. The smallest absolute Gasteiger partial charge is 0.232 e. The molecule has 1 atom stereocenters. The van der Waals surface area contributed by atoms with Crippen molar-refractivity contribution in [1.29, 1.82) is 5.26 Å². The molecule has 1 aromatic carbocycles. The van der Waals surface area contributed by atoms with Crippen LogP contribution in [0.15, 0.2) is 48.7 Å². The summed E-state index contributed by atoms with van der Waals surface area (Å²) in [6.45, 7) is 1.16. The normalized spacial score (nSPS) is 16.9. The molecule has 5 heteroatoms. The minimum absolute atomic E-state index is 0.0164. The summed E-state index contributed by atoms with van der Waals surface area (Å²) in [6.07, 6.45) is 4.60. The van der Waals surface area contributed by atoms with Gasteiger partial charge in [0.2, 0.25) is 5.91 Å². The highest BCUT2D eigenvalue weighted by molar-refractivity contribution is 5.94. The molecule has 0 bridgehead atoms. The zero-order valence-electron chi connectivity index (χ0n) is 13.0. The Morgan fingerprint density at radius 1 is 1.26 bits per heavy atom. The Labute approximate surface area is 135 Å². The van der Waals surface area contributed by atoms with E-state index in [4.69, 9.17) is 5.26 Å². The number of hydrogen-bond donors (Lipinski definition) is 0. The molecule has 1 aromatic heterocycles. The summed E-state index contributed by atoms with van der Waals surface area (Å²) in [4.78, 5) is 20.1. The number of carbonyl (C=O) groups is 1. The highest BCUT2D eigenvalue weighted by atomic mass is 16.2. The summed E-state index contributed by atoms with van der Waals surface area (Å²) in [7, 11) is 1.74. The lowest BCUT2D eigenvalue weighted by atomic mass is 10.1. The van der Waals surface area contributed by atoms with Crippen molar-refractivity contribution in [2.24, 2.45) is 5.92 Å². The zero-order valence-corrected chi connectivity index (χ0v) is 13.0. The molecule has 1 aliphatic heterocycles. The minimum atomic E-state index is -0.129. The average molecular weight is 306 g/mol. The van der Waals surface area contributed by atoms with Crippen molar-refractivity contribution in [2.75, 3.05) is 25.0 Å². The van der Waals surface area contributed by atoms with E-state index < -0.39 is 0 Å². The number of benzene rings is 1. The second-order valence-electron chi connectivity index (χ2n) is 5.70. The van der Waals surface area contributed by atoms with Gasteiger partial charge in [0, 0.05) is 31.9 Å². The molecule has 1 amide bonds. The van der Waals surface area contributed by atoms with Crippen LogP contribution in [0, 0.1) is 17.4 Å². The fraction of sp³-hybridized carbons (Fsp3) is 0.278. The lowest BCUT2D eigenvalue weighted by Gasteiger charge is -2.20. The Morgan fingerprint density at radius 2 is 2.04 bits per heavy atom. The summed E-state index contributed by atoms with van der Waals surface area (Å²) in [5.74, 6) is 0.517. The van der Waals surface area contributed by atoms with Crippen LogP contribution in [0.4, 0.5) is 5.82 Å². The van der Waals surface area contributed by atoms with Crippen molar-refractivity contribution in [1.82, 2.24) is 9.88 Å².